The first kappa shape index (κ1) is 19.9. The maximum Gasteiger partial charge on any atom is 0.335 e. The zero-order valence-corrected chi connectivity index (χ0v) is 17.3. The van der Waals surface area contributed by atoms with E-state index in [0.29, 0.717) is 11.1 Å². The molecule has 5 aromatic rings. The average Bonchev–Trinajstić information content (AvgIpc) is 3.36. The van der Waals surface area contributed by atoms with Crippen molar-refractivity contribution in [1.29, 1.82) is 0 Å². The van der Waals surface area contributed by atoms with Crippen LogP contribution in [-0.4, -0.2) is 32.1 Å². The summed E-state index contributed by atoms with van der Waals surface area (Å²) in [6.45, 7) is 0. The molecule has 0 bridgehead atoms. The van der Waals surface area contributed by atoms with Gasteiger partial charge in [0.2, 0.25) is 0 Å². The lowest BCUT2D eigenvalue weighted by Gasteiger charge is -2.10. The summed E-state index contributed by atoms with van der Waals surface area (Å²) in [5, 5.41) is 21.0. The van der Waals surface area contributed by atoms with E-state index >= 15 is 0 Å². The topological polar surface area (TPSA) is 106 Å². The van der Waals surface area contributed by atoms with E-state index in [9.17, 15) is 9.59 Å². The van der Waals surface area contributed by atoms with Crippen molar-refractivity contribution >= 4 is 44.6 Å². The standard InChI is InChI=1S/C13H13NO2.C13H9NO2/c2*15-13(16)8-5-6-12-10(7-8)9-3-1-2-4-11(9)14-12/h5-7,14H,1-4H2,(H,15,16);1-7,14H,(H,15,16). The van der Waals surface area contributed by atoms with E-state index in [0.717, 1.165) is 45.6 Å². The van der Waals surface area contributed by atoms with Crippen LogP contribution in [0.15, 0.2) is 60.7 Å². The van der Waals surface area contributed by atoms with Crippen LogP contribution < -0.4 is 0 Å². The Hall–Kier alpha value is -4.06. The predicted molar refractivity (Wildman–Crippen MR) is 125 cm³/mol. The zero-order chi connectivity index (χ0) is 22.2. The number of hydrogen-bond acceptors (Lipinski definition) is 2. The molecular weight excluding hydrogens is 404 g/mol. The second kappa shape index (κ2) is 7.89. The molecule has 2 aromatic heterocycles. The summed E-state index contributed by atoms with van der Waals surface area (Å²) in [5.41, 5.74) is 6.37. The molecule has 1 aliphatic rings. The highest BCUT2D eigenvalue weighted by Crippen LogP contribution is 2.29. The largest absolute Gasteiger partial charge is 0.478 e. The smallest absolute Gasteiger partial charge is 0.335 e. The van der Waals surface area contributed by atoms with Crippen molar-refractivity contribution in [2.24, 2.45) is 0 Å². The van der Waals surface area contributed by atoms with E-state index in [1.807, 2.05) is 30.3 Å². The van der Waals surface area contributed by atoms with Gasteiger partial charge in [-0.15, -0.1) is 0 Å². The van der Waals surface area contributed by atoms with Crippen LogP contribution in [0, 0.1) is 0 Å². The molecular formula is C26H22N2O4. The monoisotopic (exact) mass is 426 g/mol. The third kappa shape index (κ3) is 3.50. The van der Waals surface area contributed by atoms with Gasteiger partial charge in [0.1, 0.15) is 0 Å². The summed E-state index contributed by atoms with van der Waals surface area (Å²) in [4.78, 5) is 28.5. The Balaban J connectivity index is 0.000000135. The van der Waals surface area contributed by atoms with Crippen molar-refractivity contribution < 1.29 is 19.8 Å². The van der Waals surface area contributed by atoms with Crippen LogP contribution in [0.25, 0.3) is 32.7 Å². The SMILES string of the molecule is O=C(O)c1ccc2[nH]c3c(c2c1)CCCC3.O=C(O)c1ccc2[nH]c3ccccc3c2c1. The van der Waals surface area contributed by atoms with Crippen molar-refractivity contribution in [3.8, 4) is 0 Å². The highest BCUT2D eigenvalue weighted by molar-refractivity contribution is 6.09. The first-order valence-corrected chi connectivity index (χ1v) is 10.6. The van der Waals surface area contributed by atoms with Gasteiger partial charge >= 0.3 is 11.9 Å². The number of H-pyrrole nitrogens is 2. The molecule has 0 fully saturated rings. The van der Waals surface area contributed by atoms with E-state index in [2.05, 4.69) is 9.97 Å². The molecule has 0 saturated carbocycles. The van der Waals surface area contributed by atoms with Gasteiger partial charge in [-0.25, -0.2) is 9.59 Å². The second-order valence-electron chi connectivity index (χ2n) is 8.09. The summed E-state index contributed by atoms with van der Waals surface area (Å²) in [6.07, 6.45) is 4.59. The van der Waals surface area contributed by atoms with E-state index in [-0.39, 0.29) is 0 Å². The first-order chi connectivity index (χ1) is 15.5. The molecule has 4 N–H and O–H groups in total. The quantitative estimate of drug-likeness (QED) is 0.288. The lowest BCUT2D eigenvalue weighted by molar-refractivity contribution is 0.0686. The van der Waals surface area contributed by atoms with E-state index in [4.69, 9.17) is 10.2 Å². The van der Waals surface area contributed by atoms with Gasteiger partial charge in [-0.3, -0.25) is 0 Å². The number of hydrogen-bond donors (Lipinski definition) is 4. The van der Waals surface area contributed by atoms with Crippen molar-refractivity contribution in [2.45, 2.75) is 25.7 Å². The normalized spacial score (nSPS) is 13.0. The Kier molecular flexibility index (Phi) is 4.90. The van der Waals surface area contributed by atoms with Crippen molar-refractivity contribution in [3.63, 3.8) is 0 Å². The average molecular weight is 426 g/mol. The van der Waals surface area contributed by atoms with Crippen LogP contribution in [0.2, 0.25) is 0 Å². The lowest BCUT2D eigenvalue weighted by Crippen LogP contribution is -2.00. The molecule has 0 atom stereocenters. The summed E-state index contributed by atoms with van der Waals surface area (Å²) < 4.78 is 0. The summed E-state index contributed by atoms with van der Waals surface area (Å²) in [7, 11) is 0. The van der Waals surface area contributed by atoms with Gasteiger partial charge in [0.05, 0.1) is 11.1 Å². The molecule has 0 saturated heterocycles. The minimum atomic E-state index is -0.896. The Morgan fingerprint density at radius 3 is 1.97 bits per heavy atom. The van der Waals surface area contributed by atoms with Gasteiger partial charge < -0.3 is 20.2 Å². The van der Waals surface area contributed by atoms with E-state index < -0.39 is 11.9 Å². The highest BCUT2D eigenvalue weighted by atomic mass is 16.4. The minimum Gasteiger partial charge on any atom is -0.478 e. The van der Waals surface area contributed by atoms with Crippen LogP contribution >= 0.6 is 0 Å². The van der Waals surface area contributed by atoms with Crippen molar-refractivity contribution in [2.75, 3.05) is 0 Å². The number of carboxylic acids is 2. The van der Waals surface area contributed by atoms with Crippen LogP contribution in [-0.2, 0) is 12.8 Å². The molecule has 6 nitrogen and oxygen atoms in total. The maximum atomic E-state index is 10.9. The van der Waals surface area contributed by atoms with Crippen LogP contribution in [0.4, 0.5) is 0 Å². The van der Waals surface area contributed by atoms with Gasteiger partial charge in [0.15, 0.2) is 0 Å². The molecule has 0 amide bonds. The third-order valence-corrected chi connectivity index (χ3v) is 6.10. The molecule has 6 heteroatoms. The highest BCUT2D eigenvalue weighted by Gasteiger charge is 2.16. The molecule has 0 spiro atoms. The summed E-state index contributed by atoms with van der Waals surface area (Å²) in [5.74, 6) is -1.75. The van der Waals surface area contributed by atoms with E-state index in [1.165, 1.54) is 24.1 Å². The summed E-state index contributed by atoms with van der Waals surface area (Å²) >= 11 is 0. The van der Waals surface area contributed by atoms with Gasteiger partial charge in [-0.2, -0.15) is 0 Å². The van der Waals surface area contributed by atoms with Crippen LogP contribution in [0.1, 0.15) is 44.8 Å². The maximum absolute atomic E-state index is 10.9. The van der Waals surface area contributed by atoms with Crippen LogP contribution in [0.3, 0.4) is 0 Å². The van der Waals surface area contributed by atoms with Crippen LogP contribution in [0.5, 0.6) is 0 Å². The van der Waals surface area contributed by atoms with Gasteiger partial charge in [-0.05, 0) is 73.7 Å². The number of carboxylic acid groups (broad SMARTS) is 2. The fourth-order valence-electron chi connectivity index (χ4n) is 4.52. The fraction of sp³-hybridized carbons (Fsp3) is 0.154. The molecule has 6 rings (SSSR count). The molecule has 3 aromatic carbocycles. The number of carbonyl (C=O) groups is 2. The number of aromatic carboxylic acids is 2. The molecule has 32 heavy (non-hydrogen) atoms. The van der Waals surface area contributed by atoms with Crippen molar-refractivity contribution in [3.05, 3.63) is 83.0 Å². The predicted octanol–water partition coefficient (Wildman–Crippen LogP) is 5.76. The second-order valence-corrected chi connectivity index (χ2v) is 8.09. The molecule has 160 valence electrons. The van der Waals surface area contributed by atoms with Gasteiger partial charge in [0, 0.05) is 38.4 Å². The molecule has 1 aliphatic carbocycles. The number of benzene rings is 3. The number of aromatic nitrogens is 2. The Bertz CT molecular complexity index is 1490. The molecule has 0 radical (unpaired) electrons. The number of fused-ring (bicyclic) bond motifs is 6. The first-order valence-electron chi connectivity index (χ1n) is 10.6. The number of aryl methyl sites for hydroxylation is 2. The molecule has 2 heterocycles. The Morgan fingerprint density at radius 2 is 1.25 bits per heavy atom. The minimum absolute atomic E-state index is 0.317. The lowest BCUT2D eigenvalue weighted by atomic mass is 9.95. The van der Waals surface area contributed by atoms with Gasteiger partial charge in [-0.1, -0.05) is 18.2 Å². The number of aromatic amines is 2. The fourth-order valence-corrected chi connectivity index (χ4v) is 4.52. The third-order valence-electron chi connectivity index (χ3n) is 6.10. The number of rotatable bonds is 2. The number of para-hydroxylation sites is 1. The zero-order valence-electron chi connectivity index (χ0n) is 17.3. The Labute approximate surface area is 183 Å². The Morgan fingerprint density at radius 1 is 0.656 bits per heavy atom. The summed E-state index contributed by atoms with van der Waals surface area (Å²) in [6, 6.07) is 18.3. The molecule has 0 unspecified atom stereocenters. The molecule has 0 aliphatic heterocycles. The van der Waals surface area contributed by atoms with E-state index in [1.54, 1.807) is 30.3 Å². The van der Waals surface area contributed by atoms with Gasteiger partial charge in [0.25, 0.3) is 0 Å². The number of nitrogens with one attached hydrogen (secondary N) is 2. The van der Waals surface area contributed by atoms with Crippen molar-refractivity contribution in [1.82, 2.24) is 9.97 Å².